The zero-order chi connectivity index (χ0) is 14.3. The van der Waals surface area contributed by atoms with Crippen LogP contribution in [0, 0.1) is 0 Å². The molecule has 1 amide bonds. The summed E-state index contributed by atoms with van der Waals surface area (Å²) in [5, 5.41) is 0. The Morgan fingerprint density at radius 2 is 1.75 bits per heavy atom. The fraction of sp³-hybridized carbons (Fsp3) is 0.0588. The molecule has 0 fully saturated rings. The van der Waals surface area contributed by atoms with Crippen molar-refractivity contribution in [3.63, 3.8) is 0 Å². The standard InChI is InChI=1S/C17H13NO2/c1-11-15-8-3-4-9-16(15)17(20)18(11)14-7-5-6-13(10-14)12(2)19/h3-10H,1H2,2H3. The normalized spacial score (nSPS) is 13.6. The molecule has 0 saturated heterocycles. The minimum atomic E-state index is -0.105. The van der Waals surface area contributed by atoms with Crippen LogP contribution in [0.4, 0.5) is 5.69 Å². The molecule has 1 aliphatic heterocycles. The Morgan fingerprint density at radius 1 is 1.05 bits per heavy atom. The Morgan fingerprint density at radius 3 is 2.40 bits per heavy atom. The quantitative estimate of drug-likeness (QED) is 0.777. The highest BCUT2D eigenvalue weighted by Gasteiger charge is 2.31. The molecule has 1 aliphatic rings. The molecule has 1 heterocycles. The minimum Gasteiger partial charge on any atom is -0.295 e. The monoisotopic (exact) mass is 263 g/mol. The van der Waals surface area contributed by atoms with E-state index < -0.39 is 0 Å². The zero-order valence-corrected chi connectivity index (χ0v) is 11.1. The summed E-state index contributed by atoms with van der Waals surface area (Å²) >= 11 is 0. The van der Waals surface area contributed by atoms with Gasteiger partial charge < -0.3 is 0 Å². The number of carbonyl (C=O) groups excluding carboxylic acids is 2. The number of benzene rings is 2. The van der Waals surface area contributed by atoms with Gasteiger partial charge in [0.15, 0.2) is 5.78 Å². The molecule has 3 rings (SSSR count). The summed E-state index contributed by atoms with van der Waals surface area (Å²) in [7, 11) is 0. The van der Waals surface area contributed by atoms with E-state index in [0.717, 1.165) is 5.56 Å². The maximum absolute atomic E-state index is 12.5. The van der Waals surface area contributed by atoms with Gasteiger partial charge in [0.25, 0.3) is 5.91 Å². The number of Topliss-reactive ketones (excluding diaryl/α,β-unsaturated/α-hetero) is 1. The van der Waals surface area contributed by atoms with Crippen LogP contribution in [0.3, 0.4) is 0 Å². The van der Waals surface area contributed by atoms with Gasteiger partial charge in [-0.15, -0.1) is 0 Å². The predicted molar refractivity (Wildman–Crippen MR) is 78.7 cm³/mol. The number of amides is 1. The molecule has 0 spiro atoms. The highest BCUT2D eigenvalue weighted by molar-refractivity contribution is 6.22. The van der Waals surface area contributed by atoms with E-state index in [1.54, 1.807) is 35.2 Å². The molecule has 0 atom stereocenters. The number of carbonyl (C=O) groups is 2. The van der Waals surface area contributed by atoms with E-state index in [9.17, 15) is 9.59 Å². The van der Waals surface area contributed by atoms with Crippen LogP contribution >= 0.6 is 0 Å². The molecule has 0 aliphatic carbocycles. The summed E-state index contributed by atoms with van der Waals surface area (Å²) in [4.78, 5) is 25.5. The Kier molecular flexibility index (Phi) is 2.75. The summed E-state index contributed by atoms with van der Waals surface area (Å²) in [6.07, 6.45) is 0. The molecule has 2 aromatic rings. The second-order valence-corrected chi connectivity index (χ2v) is 4.74. The molecule has 0 saturated carbocycles. The third kappa shape index (κ3) is 1.75. The van der Waals surface area contributed by atoms with Crippen LogP contribution in [0.25, 0.3) is 5.70 Å². The van der Waals surface area contributed by atoms with Crippen molar-refractivity contribution >= 4 is 23.1 Å². The van der Waals surface area contributed by atoms with E-state index in [1.807, 2.05) is 18.2 Å². The molecule has 98 valence electrons. The van der Waals surface area contributed by atoms with E-state index in [1.165, 1.54) is 6.92 Å². The van der Waals surface area contributed by atoms with Crippen molar-refractivity contribution in [2.45, 2.75) is 6.92 Å². The molecule has 0 bridgehead atoms. The predicted octanol–water partition coefficient (Wildman–Crippen LogP) is 3.52. The topological polar surface area (TPSA) is 37.4 Å². The largest absolute Gasteiger partial charge is 0.295 e. The first-order valence-corrected chi connectivity index (χ1v) is 6.33. The van der Waals surface area contributed by atoms with Gasteiger partial charge in [-0.2, -0.15) is 0 Å². The van der Waals surface area contributed by atoms with E-state index in [4.69, 9.17) is 0 Å². The lowest BCUT2D eigenvalue weighted by molar-refractivity contribution is 0.0998. The highest BCUT2D eigenvalue weighted by Crippen LogP contribution is 2.35. The summed E-state index contributed by atoms with van der Waals surface area (Å²) < 4.78 is 0. The third-order valence-electron chi connectivity index (χ3n) is 3.45. The summed E-state index contributed by atoms with van der Waals surface area (Å²) in [5.74, 6) is -0.132. The van der Waals surface area contributed by atoms with Crippen LogP contribution in [0.1, 0.15) is 33.2 Å². The number of ketones is 1. The lowest BCUT2D eigenvalue weighted by Crippen LogP contribution is -2.22. The molecule has 3 heteroatoms. The first kappa shape index (κ1) is 12.4. The summed E-state index contributed by atoms with van der Waals surface area (Å²) in [5.41, 5.74) is 3.38. The van der Waals surface area contributed by atoms with E-state index in [0.29, 0.717) is 22.5 Å². The lowest BCUT2D eigenvalue weighted by atomic mass is 10.1. The van der Waals surface area contributed by atoms with Gasteiger partial charge in [-0.25, -0.2) is 0 Å². The van der Waals surface area contributed by atoms with Gasteiger partial charge in [-0.3, -0.25) is 14.5 Å². The average Bonchev–Trinajstić information content (AvgIpc) is 2.72. The van der Waals surface area contributed by atoms with E-state index >= 15 is 0 Å². The molecule has 0 radical (unpaired) electrons. The molecule has 0 aromatic heterocycles. The van der Waals surface area contributed by atoms with Crippen molar-refractivity contribution in [2.24, 2.45) is 0 Å². The zero-order valence-electron chi connectivity index (χ0n) is 11.1. The first-order chi connectivity index (χ1) is 9.59. The van der Waals surface area contributed by atoms with Gasteiger partial charge in [0.2, 0.25) is 0 Å². The summed E-state index contributed by atoms with van der Waals surface area (Å²) in [6, 6.07) is 14.4. The van der Waals surface area contributed by atoms with E-state index in [-0.39, 0.29) is 11.7 Å². The van der Waals surface area contributed by atoms with Gasteiger partial charge in [-0.1, -0.05) is 36.9 Å². The van der Waals surface area contributed by atoms with E-state index in [2.05, 4.69) is 6.58 Å². The fourth-order valence-electron chi connectivity index (χ4n) is 2.42. The van der Waals surface area contributed by atoms with Crippen molar-refractivity contribution in [1.29, 1.82) is 0 Å². The molecule has 2 aromatic carbocycles. The molecule has 0 unspecified atom stereocenters. The minimum absolute atomic E-state index is 0.0263. The van der Waals surface area contributed by atoms with Crippen molar-refractivity contribution in [3.05, 3.63) is 71.8 Å². The van der Waals surface area contributed by atoms with Crippen LogP contribution in [0.2, 0.25) is 0 Å². The van der Waals surface area contributed by atoms with Gasteiger partial charge in [0.05, 0.1) is 5.70 Å². The Balaban J connectivity index is 2.09. The molecular weight excluding hydrogens is 250 g/mol. The van der Waals surface area contributed by atoms with Crippen LogP contribution in [0.5, 0.6) is 0 Å². The maximum atomic E-state index is 12.5. The number of anilines is 1. The smallest absolute Gasteiger partial charge is 0.263 e. The van der Waals surface area contributed by atoms with Crippen molar-refractivity contribution < 1.29 is 9.59 Å². The maximum Gasteiger partial charge on any atom is 0.263 e. The SMILES string of the molecule is C=C1c2ccccc2C(=O)N1c1cccc(C(C)=O)c1. The number of hydrogen-bond acceptors (Lipinski definition) is 2. The van der Waals surface area contributed by atoms with Crippen molar-refractivity contribution in [3.8, 4) is 0 Å². The number of fused-ring (bicyclic) bond motifs is 1. The van der Waals surface area contributed by atoms with Crippen LogP contribution in [-0.4, -0.2) is 11.7 Å². The fourth-order valence-corrected chi connectivity index (χ4v) is 2.42. The third-order valence-corrected chi connectivity index (χ3v) is 3.45. The highest BCUT2D eigenvalue weighted by atomic mass is 16.2. The van der Waals surface area contributed by atoms with Crippen LogP contribution < -0.4 is 4.90 Å². The van der Waals surface area contributed by atoms with Crippen LogP contribution in [-0.2, 0) is 0 Å². The lowest BCUT2D eigenvalue weighted by Gasteiger charge is -2.18. The Labute approximate surface area is 117 Å². The van der Waals surface area contributed by atoms with Crippen LogP contribution in [0.15, 0.2) is 55.1 Å². The molecule has 0 N–H and O–H groups in total. The number of hydrogen-bond donors (Lipinski definition) is 0. The molecule has 3 nitrogen and oxygen atoms in total. The molecule has 20 heavy (non-hydrogen) atoms. The number of rotatable bonds is 2. The second-order valence-electron chi connectivity index (χ2n) is 4.74. The van der Waals surface area contributed by atoms with Gasteiger partial charge in [0, 0.05) is 22.4 Å². The first-order valence-electron chi connectivity index (χ1n) is 6.33. The Bertz CT molecular complexity index is 711. The van der Waals surface area contributed by atoms with Gasteiger partial charge in [0.1, 0.15) is 0 Å². The number of nitrogens with zero attached hydrogens (tertiary/aromatic N) is 1. The van der Waals surface area contributed by atoms with Gasteiger partial charge in [-0.05, 0) is 25.1 Å². The average molecular weight is 263 g/mol. The Hall–Kier alpha value is -2.68. The summed E-state index contributed by atoms with van der Waals surface area (Å²) in [6.45, 7) is 5.51. The second kappa shape index (κ2) is 4.46. The van der Waals surface area contributed by atoms with Crippen molar-refractivity contribution in [1.82, 2.24) is 0 Å². The van der Waals surface area contributed by atoms with Gasteiger partial charge >= 0.3 is 0 Å². The van der Waals surface area contributed by atoms with Crippen molar-refractivity contribution in [2.75, 3.05) is 4.90 Å². The molecular formula is C17H13NO2.